The molecule has 0 unspecified atom stereocenters. The van der Waals surface area contributed by atoms with Crippen LogP contribution in [0.15, 0.2) is 77.6 Å². The van der Waals surface area contributed by atoms with Crippen LogP contribution in [-0.2, 0) is 6.54 Å². The molecular formula is C26H20IN3O. The first kappa shape index (κ1) is 19.8. The first-order valence-corrected chi connectivity index (χ1v) is 11.2. The van der Waals surface area contributed by atoms with Crippen LogP contribution in [0.25, 0.3) is 34.0 Å². The van der Waals surface area contributed by atoms with Gasteiger partial charge in [0, 0.05) is 25.7 Å². The third-order valence-electron chi connectivity index (χ3n) is 5.47. The predicted molar refractivity (Wildman–Crippen MR) is 136 cm³/mol. The van der Waals surface area contributed by atoms with Crippen molar-refractivity contribution < 1.29 is 0 Å². The van der Waals surface area contributed by atoms with Crippen LogP contribution in [-0.4, -0.2) is 14.5 Å². The maximum atomic E-state index is 13.4. The number of fused-ring (bicyclic) bond motifs is 2. The van der Waals surface area contributed by atoms with Crippen molar-refractivity contribution in [2.45, 2.75) is 13.5 Å². The van der Waals surface area contributed by atoms with E-state index in [1.165, 1.54) is 0 Å². The van der Waals surface area contributed by atoms with Crippen LogP contribution in [0, 0.1) is 10.5 Å². The molecule has 5 heteroatoms. The summed E-state index contributed by atoms with van der Waals surface area (Å²) in [5.74, 6) is 0.646. The van der Waals surface area contributed by atoms with Crippen LogP contribution in [0.4, 0.5) is 0 Å². The molecule has 0 saturated carbocycles. The molecule has 0 fully saturated rings. The molecule has 0 amide bonds. The number of nitrogens with one attached hydrogen (secondary N) is 1. The molecule has 2 heterocycles. The van der Waals surface area contributed by atoms with E-state index in [-0.39, 0.29) is 5.56 Å². The number of aryl methyl sites for hydroxylation is 1. The number of para-hydroxylation sites is 1. The van der Waals surface area contributed by atoms with Gasteiger partial charge in [-0.05, 0) is 71.5 Å². The van der Waals surface area contributed by atoms with Crippen LogP contribution in [0.2, 0.25) is 0 Å². The first-order valence-electron chi connectivity index (χ1n) is 10.1. The average molecular weight is 517 g/mol. The quantitative estimate of drug-likeness (QED) is 0.297. The summed E-state index contributed by atoms with van der Waals surface area (Å²) in [6, 6.07) is 24.1. The summed E-state index contributed by atoms with van der Waals surface area (Å²) >= 11 is 2.23. The number of H-pyrrole nitrogens is 1. The number of aromatic amines is 1. The number of benzene rings is 3. The smallest absolute Gasteiger partial charge is 0.261 e. The Morgan fingerprint density at radius 2 is 1.74 bits per heavy atom. The van der Waals surface area contributed by atoms with Crippen LogP contribution in [0.3, 0.4) is 0 Å². The van der Waals surface area contributed by atoms with Gasteiger partial charge in [-0.3, -0.25) is 9.36 Å². The van der Waals surface area contributed by atoms with Gasteiger partial charge in [0.25, 0.3) is 5.56 Å². The normalized spacial score (nSPS) is 11.7. The molecule has 0 aliphatic heterocycles. The highest BCUT2D eigenvalue weighted by Crippen LogP contribution is 2.24. The second kappa shape index (κ2) is 8.15. The van der Waals surface area contributed by atoms with Gasteiger partial charge in [-0.2, -0.15) is 0 Å². The van der Waals surface area contributed by atoms with Gasteiger partial charge in [-0.25, -0.2) is 4.98 Å². The molecule has 0 saturated heterocycles. The van der Waals surface area contributed by atoms with Crippen LogP contribution in [0.5, 0.6) is 0 Å². The lowest BCUT2D eigenvalue weighted by atomic mass is 10.1. The molecule has 0 atom stereocenters. The molecule has 5 rings (SSSR count). The largest absolute Gasteiger partial charge is 0.358 e. The molecule has 3 aromatic carbocycles. The molecule has 2 aromatic heterocycles. The Bertz CT molecular complexity index is 1500. The fraction of sp³-hybridized carbons (Fsp3) is 0.0769. The number of hydrogen-bond donors (Lipinski definition) is 1. The first-order chi connectivity index (χ1) is 15.1. The van der Waals surface area contributed by atoms with Crippen molar-refractivity contribution in [2.24, 2.45) is 0 Å². The van der Waals surface area contributed by atoms with Gasteiger partial charge in [0.1, 0.15) is 5.82 Å². The van der Waals surface area contributed by atoms with Crippen LogP contribution < -0.4 is 5.56 Å². The molecule has 0 aliphatic carbocycles. The van der Waals surface area contributed by atoms with Gasteiger partial charge in [0.15, 0.2) is 0 Å². The number of rotatable bonds is 4. The van der Waals surface area contributed by atoms with Crippen molar-refractivity contribution in [3.8, 4) is 0 Å². The fourth-order valence-corrected chi connectivity index (χ4v) is 4.42. The lowest BCUT2D eigenvalue weighted by molar-refractivity contribution is 0.738. The number of halogens is 1. The Balaban J connectivity index is 1.68. The third kappa shape index (κ3) is 3.81. The van der Waals surface area contributed by atoms with Gasteiger partial charge in [0.05, 0.1) is 17.4 Å². The van der Waals surface area contributed by atoms with Gasteiger partial charge in [0.2, 0.25) is 0 Å². The number of nitrogens with zero attached hydrogens (tertiary/aromatic N) is 2. The lowest BCUT2D eigenvalue weighted by Crippen LogP contribution is -2.24. The summed E-state index contributed by atoms with van der Waals surface area (Å²) in [5.41, 5.74) is 5.05. The molecule has 4 nitrogen and oxygen atoms in total. The summed E-state index contributed by atoms with van der Waals surface area (Å²) < 4.78 is 2.78. The van der Waals surface area contributed by atoms with Crippen molar-refractivity contribution in [3.05, 3.63) is 109 Å². The van der Waals surface area contributed by atoms with E-state index < -0.39 is 0 Å². The van der Waals surface area contributed by atoms with E-state index in [9.17, 15) is 4.79 Å². The van der Waals surface area contributed by atoms with Gasteiger partial charge >= 0.3 is 0 Å². The zero-order chi connectivity index (χ0) is 21.4. The van der Waals surface area contributed by atoms with E-state index in [1.807, 2.05) is 66.7 Å². The molecule has 0 radical (unpaired) electrons. The molecule has 0 spiro atoms. The monoisotopic (exact) mass is 517 g/mol. The third-order valence-corrected chi connectivity index (χ3v) is 6.14. The second-order valence-corrected chi connectivity index (χ2v) is 8.80. The van der Waals surface area contributed by atoms with E-state index in [4.69, 9.17) is 4.98 Å². The minimum Gasteiger partial charge on any atom is -0.358 e. The topological polar surface area (TPSA) is 50.7 Å². The highest BCUT2D eigenvalue weighted by atomic mass is 127. The van der Waals surface area contributed by atoms with Crippen molar-refractivity contribution in [2.75, 3.05) is 0 Å². The average Bonchev–Trinajstić information content (AvgIpc) is 3.10. The van der Waals surface area contributed by atoms with E-state index in [2.05, 4.69) is 52.7 Å². The Labute approximate surface area is 193 Å². The lowest BCUT2D eigenvalue weighted by Gasteiger charge is -2.12. The second-order valence-electron chi connectivity index (χ2n) is 7.55. The summed E-state index contributed by atoms with van der Waals surface area (Å²) in [6.07, 6.45) is 4.00. The summed E-state index contributed by atoms with van der Waals surface area (Å²) in [5, 5.41) is 1.80. The van der Waals surface area contributed by atoms with Crippen LogP contribution in [0.1, 0.15) is 22.6 Å². The standard InChI is InChI=1S/C26H20IN3O/c1-17-20(21-9-5-6-10-23(21)28-17)12-14-25-29-24-13-11-19(27)15-22(24)26(31)30(25)16-18-7-3-2-4-8-18/h2-15,28H,16H2,1H3/b14-12+. The van der Waals surface area contributed by atoms with Crippen molar-refractivity contribution in [3.63, 3.8) is 0 Å². The zero-order valence-electron chi connectivity index (χ0n) is 17.0. The number of hydrogen-bond acceptors (Lipinski definition) is 2. The summed E-state index contributed by atoms with van der Waals surface area (Å²) in [6.45, 7) is 2.53. The summed E-state index contributed by atoms with van der Waals surface area (Å²) in [4.78, 5) is 21.7. The molecule has 31 heavy (non-hydrogen) atoms. The predicted octanol–water partition coefficient (Wildman–Crippen LogP) is 6.01. The van der Waals surface area contributed by atoms with Gasteiger partial charge in [-0.1, -0.05) is 48.5 Å². The minimum atomic E-state index is -0.0253. The van der Waals surface area contributed by atoms with E-state index in [0.717, 1.165) is 31.3 Å². The highest BCUT2D eigenvalue weighted by molar-refractivity contribution is 14.1. The van der Waals surface area contributed by atoms with Crippen molar-refractivity contribution >= 4 is 56.5 Å². The van der Waals surface area contributed by atoms with E-state index >= 15 is 0 Å². The SMILES string of the molecule is Cc1[nH]c2ccccc2c1/C=C/c1nc2ccc(I)cc2c(=O)n1Cc1ccccc1. The van der Waals surface area contributed by atoms with Gasteiger partial charge in [-0.15, -0.1) is 0 Å². The van der Waals surface area contributed by atoms with Crippen LogP contribution >= 0.6 is 22.6 Å². The Kier molecular flexibility index (Phi) is 5.19. The van der Waals surface area contributed by atoms with E-state index in [0.29, 0.717) is 23.3 Å². The maximum absolute atomic E-state index is 13.4. The van der Waals surface area contributed by atoms with Gasteiger partial charge < -0.3 is 4.98 Å². The Morgan fingerprint density at radius 3 is 2.58 bits per heavy atom. The Morgan fingerprint density at radius 1 is 0.968 bits per heavy atom. The summed E-state index contributed by atoms with van der Waals surface area (Å²) in [7, 11) is 0. The fourth-order valence-electron chi connectivity index (χ4n) is 3.93. The molecule has 0 aliphatic rings. The van der Waals surface area contributed by atoms with E-state index in [1.54, 1.807) is 4.57 Å². The zero-order valence-corrected chi connectivity index (χ0v) is 19.1. The van der Waals surface area contributed by atoms with Crippen molar-refractivity contribution in [1.82, 2.24) is 14.5 Å². The maximum Gasteiger partial charge on any atom is 0.261 e. The minimum absolute atomic E-state index is 0.0253. The molecular weight excluding hydrogens is 497 g/mol. The molecule has 1 N–H and O–H groups in total. The number of aromatic nitrogens is 3. The van der Waals surface area contributed by atoms with Crippen molar-refractivity contribution in [1.29, 1.82) is 0 Å². The highest BCUT2D eigenvalue weighted by Gasteiger charge is 2.11. The molecule has 5 aromatic rings. The molecule has 152 valence electrons. The molecule has 0 bridgehead atoms. The Hall–Kier alpha value is -3.19.